The van der Waals surface area contributed by atoms with E-state index in [4.69, 9.17) is 16.0 Å². The van der Waals surface area contributed by atoms with Crippen molar-refractivity contribution in [2.24, 2.45) is 7.05 Å². The molecule has 0 saturated carbocycles. The van der Waals surface area contributed by atoms with Crippen LogP contribution in [-0.2, 0) is 7.05 Å². The molecular formula is C16H14ClN3O2S. The van der Waals surface area contributed by atoms with Crippen LogP contribution in [0.3, 0.4) is 0 Å². The van der Waals surface area contributed by atoms with Gasteiger partial charge in [0.2, 0.25) is 0 Å². The van der Waals surface area contributed by atoms with Gasteiger partial charge in [-0.15, -0.1) is 10.2 Å². The van der Waals surface area contributed by atoms with Gasteiger partial charge in [-0.1, -0.05) is 35.5 Å². The highest BCUT2D eigenvalue weighted by Crippen LogP contribution is 2.27. The predicted molar refractivity (Wildman–Crippen MR) is 89.8 cm³/mol. The molecule has 0 saturated heterocycles. The fourth-order valence-electron chi connectivity index (χ4n) is 2.13. The SMILES string of the molecule is CC(Sc1nnc(-c2ccco2)n1C)C(=O)c1cccc(Cl)c1. The van der Waals surface area contributed by atoms with Gasteiger partial charge in [-0.3, -0.25) is 4.79 Å². The molecule has 2 aromatic heterocycles. The molecule has 0 aliphatic heterocycles. The minimum atomic E-state index is -0.305. The molecule has 0 aliphatic carbocycles. The first-order valence-corrected chi connectivity index (χ1v) is 8.21. The van der Waals surface area contributed by atoms with Crippen molar-refractivity contribution in [1.82, 2.24) is 14.8 Å². The van der Waals surface area contributed by atoms with Gasteiger partial charge in [0, 0.05) is 17.6 Å². The molecule has 1 aromatic carbocycles. The van der Waals surface area contributed by atoms with Crippen LogP contribution in [0.5, 0.6) is 0 Å². The number of hydrogen-bond donors (Lipinski definition) is 0. The van der Waals surface area contributed by atoms with Crippen LogP contribution in [0, 0.1) is 0 Å². The van der Waals surface area contributed by atoms with Gasteiger partial charge in [-0.05, 0) is 31.2 Å². The monoisotopic (exact) mass is 347 g/mol. The number of halogens is 1. The van der Waals surface area contributed by atoms with Crippen LogP contribution in [0.25, 0.3) is 11.6 Å². The molecule has 23 heavy (non-hydrogen) atoms. The molecule has 0 amide bonds. The van der Waals surface area contributed by atoms with E-state index in [2.05, 4.69) is 10.2 Å². The third-order valence-electron chi connectivity index (χ3n) is 3.34. The van der Waals surface area contributed by atoms with Crippen molar-refractivity contribution in [2.45, 2.75) is 17.3 Å². The van der Waals surface area contributed by atoms with Crippen molar-refractivity contribution in [2.75, 3.05) is 0 Å². The van der Waals surface area contributed by atoms with Gasteiger partial charge >= 0.3 is 0 Å². The van der Waals surface area contributed by atoms with E-state index in [1.807, 2.05) is 24.6 Å². The zero-order valence-electron chi connectivity index (χ0n) is 12.6. The Morgan fingerprint density at radius 2 is 2.13 bits per heavy atom. The Bertz CT molecular complexity index is 830. The molecule has 0 bridgehead atoms. The van der Waals surface area contributed by atoms with E-state index in [1.165, 1.54) is 11.8 Å². The van der Waals surface area contributed by atoms with Gasteiger partial charge in [0.1, 0.15) is 0 Å². The van der Waals surface area contributed by atoms with E-state index < -0.39 is 0 Å². The third kappa shape index (κ3) is 3.33. The average molecular weight is 348 g/mol. The smallest absolute Gasteiger partial charge is 0.200 e. The number of hydrogen-bond acceptors (Lipinski definition) is 5. The lowest BCUT2D eigenvalue weighted by molar-refractivity contribution is 0.0994. The number of ketones is 1. The molecule has 2 heterocycles. The van der Waals surface area contributed by atoms with Crippen LogP contribution in [0.4, 0.5) is 0 Å². The maximum atomic E-state index is 12.5. The Morgan fingerprint density at radius 1 is 1.30 bits per heavy atom. The van der Waals surface area contributed by atoms with E-state index >= 15 is 0 Å². The average Bonchev–Trinajstić information content (AvgIpc) is 3.17. The number of carbonyl (C=O) groups excluding carboxylic acids is 1. The van der Waals surface area contributed by atoms with Gasteiger partial charge in [-0.2, -0.15) is 0 Å². The maximum Gasteiger partial charge on any atom is 0.200 e. The van der Waals surface area contributed by atoms with Gasteiger partial charge in [-0.25, -0.2) is 0 Å². The van der Waals surface area contributed by atoms with Crippen molar-refractivity contribution >= 4 is 29.1 Å². The molecule has 0 N–H and O–H groups in total. The summed E-state index contributed by atoms with van der Waals surface area (Å²) in [5.74, 6) is 1.26. The van der Waals surface area contributed by atoms with Crippen molar-refractivity contribution in [3.8, 4) is 11.6 Å². The molecule has 118 valence electrons. The fraction of sp³-hybridized carbons (Fsp3) is 0.188. The molecule has 1 atom stereocenters. The summed E-state index contributed by atoms with van der Waals surface area (Å²) in [6, 6.07) is 10.6. The Hall–Kier alpha value is -2.05. The zero-order chi connectivity index (χ0) is 16.4. The maximum absolute atomic E-state index is 12.5. The van der Waals surface area contributed by atoms with Crippen molar-refractivity contribution < 1.29 is 9.21 Å². The summed E-state index contributed by atoms with van der Waals surface area (Å²) in [5.41, 5.74) is 0.589. The topological polar surface area (TPSA) is 60.9 Å². The molecule has 3 aromatic rings. The number of aromatic nitrogens is 3. The second-order valence-electron chi connectivity index (χ2n) is 4.98. The molecule has 0 radical (unpaired) electrons. The van der Waals surface area contributed by atoms with E-state index in [-0.39, 0.29) is 11.0 Å². The molecule has 0 spiro atoms. The van der Waals surface area contributed by atoms with Crippen LogP contribution < -0.4 is 0 Å². The number of carbonyl (C=O) groups is 1. The Morgan fingerprint density at radius 3 is 2.83 bits per heavy atom. The lowest BCUT2D eigenvalue weighted by atomic mass is 10.1. The van der Waals surface area contributed by atoms with E-state index in [0.717, 1.165) is 0 Å². The summed E-state index contributed by atoms with van der Waals surface area (Å²) in [7, 11) is 1.84. The second-order valence-corrected chi connectivity index (χ2v) is 6.72. The van der Waals surface area contributed by atoms with Crippen LogP contribution in [0.1, 0.15) is 17.3 Å². The first-order chi connectivity index (χ1) is 11.1. The summed E-state index contributed by atoms with van der Waals surface area (Å²) < 4.78 is 7.15. The highest BCUT2D eigenvalue weighted by molar-refractivity contribution is 8.00. The summed E-state index contributed by atoms with van der Waals surface area (Å²) in [4.78, 5) is 12.5. The predicted octanol–water partition coefficient (Wildman–Crippen LogP) is 4.09. The molecular weight excluding hydrogens is 334 g/mol. The highest BCUT2D eigenvalue weighted by Gasteiger charge is 2.21. The Kier molecular flexibility index (Phi) is 4.54. The molecule has 0 fully saturated rings. The molecule has 0 aliphatic rings. The van der Waals surface area contributed by atoms with Crippen molar-refractivity contribution in [1.29, 1.82) is 0 Å². The fourth-order valence-corrected chi connectivity index (χ4v) is 3.21. The number of benzene rings is 1. The number of Topliss-reactive ketones (excluding diaryl/α,β-unsaturated/α-hetero) is 1. The zero-order valence-corrected chi connectivity index (χ0v) is 14.1. The Balaban J connectivity index is 1.78. The van der Waals surface area contributed by atoms with Gasteiger partial charge in [0.15, 0.2) is 22.5 Å². The number of furan rings is 1. The van der Waals surface area contributed by atoms with E-state index in [0.29, 0.717) is 27.3 Å². The first-order valence-electron chi connectivity index (χ1n) is 6.96. The van der Waals surface area contributed by atoms with E-state index in [9.17, 15) is 4.79 Å². The van der Waals surface area contributed by atoms with Gasteiger partial charge < -0.3 is 8.98 Å². The minimum Gasteiger partial charge on any atom is -0.461 e. The lowest BCUT2D eigenvalue weighted by Crippen LogP contribution is -2.14. The van der Waals surface area contributed by atoms with Crippen LogP contribution in [-0.4, -0.2) is 25.8 Å². The second kappa shape index (κ2) is 6.60. The van der Waals surface area contributed by atoms with Crippen LogP contribution >= 0.6 is 23.4 Å². The van der Waals surface area contributed by atoms with Crippen molar-refractivity contribution in [3.05, 3.63) is 53.2 Å². The molecule has 3 rings (SSSR count). The largest absolute Gasteiger partial charge is 0.461 e. The molecule has 7 heteroatoms. The summed E-state index contributed by atoms with van der Waals surface area (Å²) in [6.07, 6.45) is 1.59. The lowest BCUT2D eigenvalue weighted by Gasteiger charge is -2.10. The number of nitrogens with zero attached hydrogens (tertiary/aromatic N) is 3. The minimum absolute atomic E-state index is 0.0000450. The number of rotatable bonds is 5. The molecule has 5 nitrogen and oxygen atoms in total. The molecule has 1 unspecified atom stereocenters. The van der Waals surface area contributed by atoms with Gasteiger partial charge in [0.25, 0.3) is 0 Å². The summed E-state index contributed by atoms with van der Waals surface area (Å²) in [5, 5.41) is 9.16. The Labute approximate surface area is 142 Å². The van der Waals surface area contributed by atoms with E-state index in [1.54, 1.807) is 36.6 Å². The van der Waals surface area contributed by atoms with Crippen LogP contribution in [0.15, 0.2) is 52.2 Å². The highest BCUT2D eigenvalue weighted by atomic mass is 35.5. The summed E-state index contributed by atoms with van der Waals surface area (Å²) >= 11 is 7.30. The quantitative estimate of drug-likeness (QED) is 0.514. The standard InChI is InChI=1S/C16H14ClN3O2S/c1-10(14(21)11-5-3-6-12(17)9-11)23-16-19-18-15(20(16)2)13-7-4-8-22-13/h3-10H,1-2H3. The normalized spacial score (nSPS) is 12.3. The van der Waals surface area contributed by atoms with Crippen molar-refractivity contribution in [3.63, 3.8) is 0 Å². The van der Waals surface area contributed by atoms with Gasteiger partial charge in [0.05, 0.1) is 11.5 Å². The number of thioether (sulfide) groups is 1. The third-order valence-corrected chi connectivity index (χ3v) is 4.71. The first kappa shape index (κ1) is 15.8. The summed E-state index contributed by atoms with van der Waals surface area (Å²) in [6.45, 7) is 1.84. The van der Waals surface area contributed by atoms with Crippen LogP contribution in [0.2, 0.25) is 5.02 Å².